The summed E-state index contributed by atoms with van der Waals surface area (Å²) in [5, 5.41) is 4.27. The lowest BCUT2D eigenvalue weighted by Crippen LogP contribution is -2.09. The van der Waals surface area contributed by atoms with Crippen molar-refractivity contribution in [3.63, 3.8) is 0 Å². The summed E-state index contributed by atoms with van der Waals surface area (Å²) >= 11 is 0. The van der Waals surface area contributed by atoms with Crippen LogP contribution in [0.25, 0.3) is 43.8 Å². The highest BCUT2D eigenvalue weighted by Crippen LogP contribution is 2.40. The zero-order chi connectivity index (χ0) is 28.2. The number of fused-ring (bicyclic) bond motifs is 5. The Kier molecular flexibility index (Phi) is 3.74. The maximum Gasteiger partial charge on any atom is 0.143 e. The highest BCUT2D eigenvalue weighted by molar-refractivity contribution is 6.19. The molecule has 0 saturated carbocycles. The Balaban J connectivity index is 1.40. The van der Waals surface area contributed by atoms with E-state index in [0.717, 1.165) is 43.8 Å². The van der Waals surface area contributed by atoms with Gasteiger partial charge in [-0.2, -0.15) is 0 Å². The molecule has 7 rings (SSSR count). The predicted octanol–water partition coefficient (Wildman–Crippen LogP) is 9.88. The van der Waals surface area contributed by atoms with Gasteiger partial charge >= 0.3 is 0 Å². The van der Waals surface area contributed by atoms with Gasteiger partial charge in [-0.15, -0.1) is 0 Å². The molecular weight excluding hydrogens is 438 g/mol. The summed E-state index contributed by atoms with van der Waals surface area (Å²) in [6.45, 7) is 0. The van der Waals surface area contributed by atoms with Crippen LogP contribution >= 0.6 is 0 Å². The third-order valence-corrected chi connectivity index (χ3v) is 6.55. The van der Waals surface area contributed by atoms with Crippen molar-refractivity contribution < 1.29 is 11.3 Å². The van der Waals surface area contributed by atoms with Crippen molar-refractivity contribution in [2.24, 2.45) is 0 Å². The smallest absolute Gasteiger partial charge is 0.143 e. The van der Waals surface area contributed by atoms with Crippen LogP contribution < -0.4 is 4.90 Å². The molecule has 0 radical (unpaired) electrons. The molecule has 7 aromatic rings. The van der Waals surface area contributed by atoms with E-state index in [9.17, 15) is 0 Å². The van der Waals surface area contributed by atoms with Crippen LogP contribution in [-0.4, -0.2) is 0 Å². The maximum absolute atomic E-state index is 8.62. The van der Waals surface area contributed by atoms with Gasteiger partial charge in [-0.3, -0.25) is 0 Å². The number of benzene rings is 6. The molecule has 0 unspecified atom stereocenters. The van der Waals surface area contributed by atoms with E-state index in [2.05, 4.69) is 30.3 Å². The molecule has 0 spiro atoms. The highest BCUT2D eigenvalue weighted by atomic mass is 16.3. The summed E-state index contributed by atoms with van der Waals surface area (Å²) < 4.78 is 48.1. The fraction of sp³-hybridized carbons (Fsp3) is 0. The molecule has 0 aliphatic carbocycles. The summed E-state index contributed by atoms with van der Waals surface area (Å²) in [5.74, 6) is 0. The molecule has 1 aromatic heterocycles. The molecule has 0 N–H and O–H groups in total. The Morgan fingerprint density at radius 3 is 2.14 bits per heavy atom. The third kappa shape index (κ3) is 3.35. The first-order valence-electron chi connectivity index (χ1n) is 14.3. The Bertz CT molecular complexity index is 2070. The lowest BCUT2D eigenvalue weighted by molar-refractivity contribution is 0.673. The normalized spacial score (nSPS) is 13.3. The summed E-state index contributed by atoms with van der Waals surface area (Å²) in [5.41, 5.74) is 5.13. The number of para-hydroxylation sites is 2. The Morgan fingerprint density at radius 2 is 1.31 bits per heavy atom. The molecule has 2 nitrogen and oxygen atoms in total. The topological polar surface area (TPSA) is 16.4 Å². The molecule has 1 heterocycles. The first-order valence-corrected chi connectivity index (χ1v) is 11.8. The fourth-order valence-corrected chi connectivity index (χ4v) is 4.92. The van der Waals surface area contributed by atoms with Gasteiger partial charge in [-0.1, -0.05) is 90.9 Å². The fourth-order valence-electron chi connectivity index (χ4n) is 4.92. The molecule has 0 amide bonds. The van der Waals surface area contributed by atoms with E-state index in [0.29, 0.717) is 11.4 Å². The Morgan fingerprint density at radius 1 is 0.556 bits per heavy atom. The van der Waals surface area contributed by atoms with E-state index >= 15 is 0 Å². The second kappa shape index (κ2) is 8.44. The average Bonchev–Trinajstić information content (AvgIpc) is 3.41. The summed E-state index contributed by atoms with van der Waals surface area (Å²) in [6.07, 6.45) is 0. The van der Waals surface area contributed by atoms with Crippen molar-refractivity contribution in [3.05, 3.63) is 139 Å². The summed E-state index contributed by atoms with van der Waals surface area (Å²) in [6, 6.07) is 33.9. The Hall–Kier alpha value is -4.82. The van der Waals surface area contributed by atoms with Crippen LogP contribution in [0.3, 0.4) is 0 Å². The molecule has 0 atom stereocenters. The van der Waals surface area contributed by atoms with Gasteiger partial charge < -0.3 is 9.32 Å². The molecule has 0 aliphatic rings. The van der Waals surface area contributed by atoms with E-state index in [-0.39, 0.29) is 29.9 Å². The summed E-state index contributed by atoms with van der Waals surface area (Å²) in [7, 11) is 0. The van der Waals surface area contributed by atoms with Crippen LogP contribution in [0.15, 0.2) is 144 Å². The molecule has 0 saturated heterocycles. The molecular formula is C34H23NO. The van der Waals surface area contributed by atoms with Crippen molar-refractivity contribution >= 4 is 49.8 Å². The van der Waals surface area contributed by atoms with E-state index in [1.54, 1.807) is 4.90 Å². The number of furan rings is 1. The zero-order valence-electron chi connectivity index (χ0n) is 24.2. The first-order chi connectivity index (χ1) is 19.9. The van der Waals surface area contributed by atoms with Crippen LogP contribution in [-0.2, 0) is 0 Å². The number of rotatable bonds is 4. The van der Waals surface area contributed by atoms with Gasteiger partial charge in [0.1, 0.15) is 11.2 Å². The van der Waals surface area contributed by atoms with E-state index in [1.807, 2.05) is 78.9 Å². The lowest BCUT2D eigenvalue weighted by atomic mass is 9.98. The molecule has 0 aliphatic heterocycles. The SMILES string of the molecule is [2H]c1c([2H])c([2H])c(N(c2ccccc2)c2ccc(-c3cccc4oc5c6ccccc6ccc5c34)cc2)c([2H])c1[2H]. The van der Waals surface area contributed by atoms with Gasteiger partial charge in [-0.25, -0.2) is 0 Å². The minimum atomic E-state index is -0.416. The molecule has 170 valence electrons. The van der Waals surface area contributed by atoms with Gasteiger partial charge in [0.15, 0.2) is 0 Å². The van der Waals surface area contributed by atoms with Gasteiger partial charge in [0.05, 0.1) is 6.85 Å². The average molecular weight is 467 g/mol. The van der Waals surface area contributed by atoms with Gasteiger partial charge in [0.25, 0.3) is 0 Å². The number of anilines is 3. The maximum atomic E-state index is 8.62. The van der Waals surface area contributed by atoms with E-state index < -0.39 is 6.04 Å². The second-order valence-electron chi connectivity index (χ2n) is 8.64. The van der Waals surface area contributed by atoms with Gasteiger partial charge in [0, 0.05) is 33.2 Å². The van der Waals surface area contributed by atoms with Crippen LogP contribution in [0.4, 0.5) is 17.1 Å². The van der Waals surface area contributed by atoms with Crippen molar-refractivity contribution in [1.29, 1.82) is 0 Å². The van der Waals surface area contributed by atoms with Crippen LogP contribution in [0.5, 0.6) is 0 Å². The largest absolute Gasteiger partial charge is 0.455 e. The molecule has 36 heavy (non-hydrogen) atoms. The number of hydrogen-bond donors (Lipinski definition) is 0. The van der Waals surface area contributed by atoms with Crippen molar-refractivity contribution in [2.75, 3.05) is 4.90 Å². The van der Waals surface area contributed by atoms with Crippen molar-refractivity contribution in [3.8, 4) is 11.1 Å². The molecule has 0 fully saturated rings. The van der Waals surface area contributed by atoms with Crippen LogP contribution in [0, 0.1) is 0 Å². The lowest BCUT2D eigenvalue weighted by Gasteiger charge is -2.25. The van der Waals surface area contributed by atoms with E-state index in [1.165, 1.54) is 0 Å². The quantitative estimate of drug-likeness (QED) is 0.257. The standard InChI is InChI=1S/C34H23NO/c1-3-11-26(12-4-1)35(27-13-5-2-6-14-27)28-21-18-25(19-22-28)29-16-9-17-32-33(29)31-23-20-24-10-7-8-15-30(24)34(31)36-32/h1-23H/i1D,3D,4D,11D,12D. The minimum Gasteiger partial charge on any atom is -0.455 e. The Labute approximate surface area is 216 Å². The molecule has 2 heteroatoms. The minimum absolute atomic E-state index is 0.102. The van der Waals surface area contributed by atoms with E-state index in [4.69, 9.17) is 11.3 Å². The van der Waals surface area contributed by atoms with Crippen molar-refractivity contribution in [2.45, 2.75) is 0 Å². The van der Waals surface area contributed by atoms with Gasteiger partial charge in [-0.05, 0) is 65.0 Å². The zero-order valence-corrected chi connectivity index (χ0v) is 19.2. The number of nitrogens with zero attached hydrogens (tertiary/aromatic N) is 1. The highest BCUT2D eigenvalue weighted by Gasteiger charge is 2.16. The second-order valence-corrected chi connectivity index (χ2v) is 8.64. The van der Waals surface area contributed by atoms with Crippen LogP contribution in [0.1, 0.15) is 6.85 Å². The summed E-state index contributed by atoms with van der Waals surface area (Å²) in [4.78, 5) is 1.71. The first kappa shape index (κ1) is 16.0. The third-order valence-electron chi connectivity index (χ3n) is 6.55. The monoisotopic (exact) mass is 466 g/mol. The van der Waals surface area contributed by atoms with Crippen molar-refractivity contribution in [1.82, 2.24) is 0 Å². The number of hydrogen-bond acceptors (Lipinski definition) is 2. The molecule has 6 aromatic carbocycles. The van der Waals surface area contributed by atoms with Crippen LogP contribution in [0.2, 0.25) is 0 Å². The van der Waals surface area contributed by atoms with Gasteiger partial charge in [0.2, 0.25) is 0 Å². The molecule has 0 bridgehead atoms. The predicted molar refractivity (Wildman–Crippen MR) is 151 cm³/mol.